The molecule has 1 unspecified atom stereocenters. The van der Waals surface area contributed by atoms with Gasteiger partial charge >= 0.3 is 12.0 Å². The minimum Gasteiger partial charge on any atom is -0.481 e. The lowest BCUT2D eigenvalue weighted by Gasteiger charge is -2.17. The van der Waals surface area contributed by atoms with Gasteiger partial charge in [-0.15, -0.1) is 0 Å². The van der Waals surface area contributed by atoms with Gasteiger partial charge in [-0.2, -0.15) is 0 Å². The van der Waals surface area contributed by atoms with Crippen LogP contribution in [0.4, 0.5) is 4.79 Å². The number of urea groups is 1. The zero-order chi connectivity index (χ0) is 15.1. The summed E-state index contributed by atoms with van der Waals surface area (Å²) in [5.74, 6) is -0.893. The van der Waals surface area contributed by atoms with Gasteiger partial charge in [0.05, 0.1) is 0 Å². The predicted octanol–water partition coefficient (Wildman–Crippen LogP) is 0.407. The summed E-state index contributed by atoms with van der Waals surface area (Å²) in [6.07, 6.45) is 1.06. The van der Waals surface area contributed by atoms with Gasteiger partial charge in [0, 0.05) is 38.5 Å². The molecule has 1 heterocycles. The molecule has 1 rings (SSSR count). The van der Waals surface area contributed by atoms with E-state index in [-0.39, 0.29) is 43.3 Å². The van der Waals surface area contributed by atoms with E-state index >= 15 is 0 Å². The Labute approximate surface area is 118 Å². The van der Waals surface area contributed by atoms with Crippen LogP contribution in [-0.4, -0.2) is 53.6 Å². The molecule has 7 heteroatoms. The lowest BCUT2D eigenvalue weighted by Crippen LogP contribution is -2.40. The van der Waals surface area contributed by atoms with Crippen LogP contribution < -0.4 is 10.6 Å². The molecule has 1 fully saturated rings. The molecule has 114 valence electrons. The van der Waals surface area contributed by atoms with Crippen LogP contribution in [0, 0.1) is 5.92 Å². The largest absolute Gasteiger partial charge is 0.481 e. The van der Waals surface area contributed by atoms with Gasteiger partial charge in [0.15, 0.2) is 0 Å². The first-order valence-corrected chi connectivity index (χ1v) is 6.92. The van der Waals surface area contributed by atoms with E-state index < -0.39 is 5.97 Å². The molecule has 3 amide bonds. The number of nitrogens with zero attached hydrogens (tertiary/aromatic N) is 1. The molecule has 3 N–H and O–H groups in total. The molecule has 0 bridgehead atoms. The minimum atomic E-state index is -0.831. The highest BCUT2D eigenvalue weighted by Gasteiger charge is 2.27. The molecule has 0 aromatic carbocycles. The lowest BCUT2D eigenvalue weighted by atomic mass is 10.1. The van der Waals surface area contributed by atoms with Crippen molar-refractivity contribution >= 4 is 17.9 Å². The van der Waals surface area contributed by atoms with Gasteiger partial charge in [0.25, 0.3) is 0 Å². The summed E-state index contributed by atoms with van der Waals surface area (Å²) in [5.41, 5.74) is 0. The van der Waals surface area contributed by atoms with Gasteiger partial charge in [0.2, 0.25) is 5.91 Å². The maximum Gasteiger partial charge on any atom is 0.317 e. The van der Waals surface area contributed by atoms with E-state index in [2.05, 4.69) is 10.6 Å². The zero-order valence-electron chi connectivity index (χ0n) is 12.0. The molecule has 0 spiro atoms. The fraction of sp³-hybridized carbons (Fsp3) is 0.769. The van der Waals surface area contributed by atoms with Gasteiger partial charge in [0.1, 0.15) is 0 Å². The van der Waals surface area contributed by atoms with Crippen molar-refractivity contribution in [3.63, 3.8) is 0 Å². The van der Waals surface area contributed by atoms with E-state index in [0.29, 0.717) is 19.5 Å². The summed E-state index contributed by atoms with van der Waals surface area (Å²) in [5, 5.41) is 14.1. The predicted molar refractivity (Wildman–Crippen MR) is 73.2 cm³/mol. The summed E-state index contributed by atoms with van der Waals surface area (Å²) >= 11 is 0. The van der Waals surface area contributed by atoms with Crippen LogP contribution >= 0.6 is 0 Å². The van der Waals surface area contributed by atoms with Crippen molar-refractivity contribution in [3.05, 3.63) is 0 Å². The molecule has 1 aliphatic heterocycles. The minimum absolute atomic E-state index is 0.0301. The highest BCUT2D eigenvalue weighted by atomic mass is 16.4. The summed E-state index contributed by atoms with van der Waals surface area (Å²) < 4.78 is 0. The van der Waals surface area contributed by atoms with Crippen LogP contribution in [-0.2, 0) is 9.59 Å². The second-order valence-electron chi connectivity index (χ2n) is 5.40. The molecule has 1 saturated heterocycles. The molecule has 20 heavy (non-hydrogen) atoms. The number of carbonyl (C=O) groups excluding carboxylic acids is 2. The quantitative estimate of drug-likeness (QED) is 0.658. The fourth-order valence-electron chi connectivity index (χ4n) is 2.22. The second-order valence-corrected chi connectivity index (χ2v) is 5.40. The maximum absolute atomic E-state index is 11.8. The number of nitrogens with one attached hydrogen (secondary N) is 2. The Morgan fingerprint density at radius 3 is 2.65 bits per heavy atom. The Bertz CT molecular complexity index is 371. The average molecular weight is 285 g/mol. The molecule has 0 aromatic rings. The monoisotopic (exact) mass is 285 g/mol. The van der Waals surface area contributed by atoms with E-state index in [1.165, 1.54) is 0 Å². The molecule has 0 aliphatic carbocycles. The summed E-state index contributed by atoms with van der Waals surface area (Å²) in [4.78, 5) is 35.4. The van der Waals surface area contributed by atoms with Crippen molar-refractivity contribution < 1.29 is 19.5 Å². The van der Waals surface area contributed by atoms with Crippen LogP contribution in [0.15, 0.2) is 0 Å². The van der Waals surface area contributed by atoms with Crippen LogP contribution in [0.1, 0.15) is 33.1 Å². The Morgan fingerprint density at radius 1 is 1.35 bits per heavy atom. The van der Waals surface area contributed by atoms with E-state index in [1.807, 2.05) is 13.8 Å². The van der Waals surface area contributed by atoms with Crippen LogP contribution in [0.3, 0.4) is 0 Å². The third-order valence-electron chi connectivity index (χ3n) is 3.11. The van der Waals surface area contributed by atoms with Crippen LogP contribution in [0.25, 0.3) is 0 Å². The molecule has 7 nitrogen and oxygen atoms in total. The average Bonchev–Trinajstić information content (AvgIpc) is 2.75. The highest BCUT2D eigenvalue weighted by Crippen LogP contribution is 2.19. The summed E-state index contributed by atoms with van der Waals surface area (Å²) in [6, 6.07) is -0.135. The van der Waals surface area contributed by atoms with Crippen molar-refractivity contribution in [2.45, 2.75) is 39.2 Å². The molecular formula is C13H23N3O4. The van der Waals surface area contributed by atoms with E-state index in [0.717, 1.165) is 0 Å². The number of likely N-dealkylation sites (tertiary alicyclic amines) is 1. The van der Waals surface area contributed by atoms with Gasteiger partial charge in [-0.25, -0.2) is 4.79 Å². The van der Waals surface area contributed by atoms with Gasteiger partial charge in [-0.05, 0) is 26.2 Å². The Hall–Kier alpha value is -1.79. The summed E-state index contributed by atoms with van der Waals surface area (Å²) in [7, 11) is 0. The van der Waals surface area contributed by atoms with Gasteiger partial charge < -0.3 is 20.6 Å². The summed E-state index contributed by atoms with van der Waals surface area (Å²) in [6.45, 7) is 5.09. The van der Waals surface area contributed by atoms with E-state index in [1.54, 1.807) is 4.90 Å². The topological polar surface area (TPSA) is 98.7 Å². The van der Waals surface area contributed by atoms with E-state index in [4.69, 9.17) is 5.11 Å². The van der Waals surface area contributed by atoms with Crippen molar-refractivity contribution in [1.82, 2.24) is 15.5 Å². The number of rotatable bonds is 6. The first-order valence-electron chi connectivity index (χ1n) is 6.92. The number of amides is 3. The van der Waals surface area contributed by atoms with Crippen LogP contribution in [0.2, 0.25) is 0 Å². The first kappa shape index (κ1) is 16.3. The number of carbonyl (C=O) groups is 3. The molecule has 0 radical (unpaired) electrons. The van der Waals surface area contributed by atoms with Crippen LogP contribution in [0.5, 0.6) is 0 Å². The zero-order valence-corrected chi connectivity index (χ0v) is 12.0. The number of aliphatic carboxylic acids is 1. The van der Waals surface area contributed by atoms with Crippen molar-refractivity contribution in [2.75, 3.05) is 19.6 Å². The normalized spacial score (nSPS) is 18.1. The second kappa shape index (κ2) is 7.72. The molecule has 1 atom stereocenters. The SMILES string of the molecule is CC(C)NC(=O)CCNC(=O)N1CCC(CC(=O)O)C1. The molecule has 1 aliphatic rings. The number of hydrogen-bond donors (Lipinski definition) is 3. The third kappa shape index (κ3) is 5.90. The number of carboxylic acids is 1. The van der Waals surface area contributed by atoms with Gasteiger partial charge in [-0.1, -0.05) is 0 Å². The van der Waals surface area contributed by atoms with Crippen molar-refractivity contribution in [2.24, 2.45) is 5.92 Å². The van der Waals surface area contributed by atoms with Crippen molar-refractivity contribution in [1.29, 1.82) is 0 Å². The Morgan fingerprint density at radius 2 is 2.05 bits per heavy atom. The first-order chi connectivity index (χ1) is 9.38. The Balaban J connectivity index is 2.20. The standard InChI is InChI=1S/C13H23N3O4/c1-9(2)15-11(17)3-5-14-13(20)16-6-4-10(8-16)7-12(18)19/h9-10H,3-8H2,1-2H3,(H,14,20)(H,15,17)(H,18,19). The van der Waals surface area contributed by atoms with E-state index in [9.17, 15) is 14.4 Å². The highest BCUT2D eigenvalue weighted by molar-refractivity contribution is 5.78. The maximum atomic E-state index is 11.8. The molecule has 0 saturated carbocycles. The number of hydrogen-bond acceptors (Lipinski definition) is 3. The van der Waals surface area contributed by atoms with Gasteiger partial charge in [-0.3, -0.25) is 9.59 Å². The van der Waals surface area contributed by atoms with Crippen molar-refractivity contribution in [3.8, 4) is 0 Å². The lowest BCUT2D eigenvalue weighted by molar-refractivity contribution is -0.138. The Kier molecular flexibility index (Phi) is 6.27. The fourth-order valence-corrected chi connectivity index (χ4v) is 2.22. The number of carboxylic acid groups (broad SMARTS) is 1. The third-order valence-corrected chi connectivity index (χ3v) is 3.11. The molecular weight excluding hydrogens is 262 g/mol. The molecule has 0 aromatic heterocycles. The smallest absolute Gasteiger partial charge is 0.317 e.